The maximum Gasteiger partial charge on any atom is 0.150 e. The van der Waals surface area contributed by atoms with Crippen LogP contribution in [0.1, 0.15) is 24.1 Å². The number of hydrogen-bond acceptors (Lipinski definition) is 3. The van der Waals surface area contributed by atoms with Gasteiger partial charge in [-0.3, -0.25) is 0 Å². The minimum absolute atomic E-state index is 0.283. The van der Waals surface area contributed by atoms with Crippen molar-refractivity contribution in [3.8, 4) is 0 Å². The van der Waals surface area contributed by atoms with E-state index >= 15 is 0 Å². The molecule has 3 rings (SSSR count). The van der Waals surface area contributed by atoms with Crippen LogP contribution >= 0.6 is 0 Å². The molecule has 1 aliphatic rings. The molecule has 23 heavy (non-hydrogen) atoms. The molecule has 4 nitrogen and oxygen atoms in total. The second-order valence-corrected chi connectivity index (χ2v) is 9.06. The van der Waals surface area contributed by atoms with Crippen molar-refractivity contribution >= 4 is 20.7 Å². The van der Waals surface area contributed by atoms with Gasteiger partial charge in [0, 0.05) is 23.1 Å². The number of aryl methyl sites for hydroxylation is 2. The molecule has 0 radical (unpaired) electrons. The van der Waals surface area contributed by atoms with Gasteiger partial charge in [-0.05, 0) is 58.0 Å². The number of hydrogen-bond donors (Lipinski definition) is 0. The van der Waals surface area contributed by atoms with Crippen molar-refractivity contribution in [1.82, 2.24) is 9.47 Å². The molecule has 0 aliphatic carbocycles. The summed E-state index contributed by atoms with van der Waals surface area (Å²) in [7, 11) is 1.31. The van der Waals surface area contributed by atoms with Gasteiger partial charge in [0.2, 0.25) is 0 Å². The van der Waals surface area contributed by atoms with E-state index in [0.717, 1.165) is 32.4 Å². The largest absolute Gasteiger partial charge is 0.344 e. The van der Waals surface area contributed by atoms with Crippen LogP contribution in [-0.4, -0.2) is 50.0 Å². The quantitative estimate of drug-likeness (QED) is 0.863. The van der Waals surface area contributed by atoms with E-state index in [4.69, 9.17) is 0 Å². The monoisotopic (exact) mass is 334 g/mol. The summed E-state index contributed by atoms with van der Waals surface area (Å²) in [5, 5.41) is 1.24. The Morgan fingerprint density at radius 2 is 1.91 bits per heavy atom. The summed E-state index contributed by atoms with van der Waals surface area (Å²) in [5.74, 6) is 0.609. The fourth-order valence-electron chi connectivity index (χ4n) is 3.61. The summed E-state index contributed by atoms with van der Waals surface area (Å²) in [4.78, 5) is 2.21. The Labute approximate surface area is 139 Å². The first kappa shape index (κ1) is 16.5. The molecule has 0 N–H and O–H groups in total. The first-order valence-electron chi connectivity index (χ1n) is 8.42. The fraction of sp³-hybridized carbons (Fsp3) is 0.556. The van der Waals surface area contributed by atoms with Gasteiger partial charge in [0.25, 0.3) is 0 Å². The van der Waals surface area contributed by atoms with Crippen molar-refractivity contribution in [3.05, 3.63) is 35.5 Å². The standard InChI is InChI=1S/C18H26N2O2S/c1-19(2)11-6-12-20-17-8-4-3-7-15(17)16-10-14-23(21,22)13-5-9-18(16)20/h3-4,7-8H,5-6,9-14H2,1-2H3. The summed E-state index contributed by atoms with van der Waals surface area (Å²) in [6.45, 7) is 2.07. The van der Waals surface area contributed by atoms with E-state index in [1.807, 2.05) is 0 Å². The lowest BCUT2D eigenvalue weighted by Gasteiger charge is -2.16. The van der Waals surface area contributed by atoms with Crippen molar-refractivity contribution in [2.24, 2.45) is 0 Å². The SMILES string of the molecule is CN(C)CCCn1c2c(c3ccccc31)CCS(=O)(=O)CCC2. The Morgan fingerprint density at radius 1 is 1.13 bits per heavy atom. The maximum atomic E-state index is 12.0. The van der Waals surface area contributed by atoms with E-state index in [1.54, 1.807) is 0 Å². The highest BCUT2D eigenvalue weighted by atomic mass is 32.2. The van der Waals surface area contributed by atoms with E-state index in [9.17, 15) is 8.42 Å². The third-order valence-electron chi connectivity index (χ3n) is 4.71. The number of nitrogens with zero attached hydrogens (tertiary/aromatic N) is 2. The molecule has 5 heteroatoms. The molecule has 0 spiro atoms. The van der Waals surface area contributed by atoms with Gasteiger partial charge in [-0.25, -0.2) is 8.42 Å². The predicted octanol–water partition coefficient (Wildman–Crippen LogP) is 2.50. The number of sulfone groups is 1. The first-order chi connectivity index (χ1) is 11.0. The second kappa shape index (κ2) is 6.65. The molecule has 126 valence electrons. The molecular formula is C18H26N2O2S. The van der Waals surface area contributed by atoms with Crippen LogP contribution in [0.5, 0.6) is 0 Å². The van der Waals surface area contributed by atoms with Crippen LogP contribution in [0, 0.1) is 0 Å². The van der Waals surface area contributed by atoms with Crippen LogP contribution in [0.3, 0.4) is 0 Å². The predicted molar refractivity (Wildman–Crippen MR) is 95.8 cm³/mol. The molecule has 1 aliphatic heterocycles. The van der Waals surface area contributed by atoms with Crippen molar-refractivity contribution in [2.75, 3.05) is 32.1 Å². The van der Waals surface area contributed by atoms with Crippen LogP contribution < -0.4 is 0 Å². The molecule has 0 saturated carbocycles. The Bertz CT molecular complexity index is 791. The van der Waals surface area contributed by atoms with Gasteiger partial charge in [0.15, 0.2) is 9.84 Å². The maximum absolute atomic E-state index is 12.0. The van der Waals surface area contributed by atoms with Gasteiger partial charge < -0.3 is 9.47 Å². The zero-order chi connectivity index (χ0) is 16.4. The summed E-state index contributed by atoms with van der Waals surface area (Å²) in [5.41, 5.74) is 3.88. The van der Waals surface area contributed by atoms with Gasteiger partial charge in [-0.2, -0.15) is 0 Å². The van der Waals surface area contributed by atoms with E-state index in [0.29, 0.717) is 12.2 Å². The molecule has 0 amide bonds. The van der Waals surface area contributed by atoms with E-state index in [-0.39, 0.29) is 5.75 Å². The van der Waals surface area contributed by atoms with Gasteiger partial charge in [-0.15, -0.1) is 0 Å². The Hall–Kier alpha value is -1.33. The molecule has 0 fully saturated rings. The van der Waals surface area contributed by atoms with Crippen molar-refractivity contribution in [2.45, 2.75) is 32.2 Å². The van der Waals surface area contributed by atoms with Crippen LogP contribution in [-0.2, 0) is 29.2 Å². The molecular weight excluding hydrogens is 308 g/mol. The minimum Gasteiger partial charge on any atom is -0.344 e. The Morgan fingerprint density at radius 3 is 2.70 bits per heavy atom. The molecule has 2 heterocycles. The number of aromatic nitrogens is 1. The number of benzene rings is 1. The van der Waals surface area contributed by atoms with E-state index in [2.05, 4.69) is 47.8 Å². The van der Waals surface area contributed by atoms with Crippen LogP contribution in [0.15, 0.2) is 24.3 Å². The highest BCUT2D eigenvalue weighted by Gasteiger charge is 2.22. The normalized spacial score (nSPS) is 17.9. The number of fused-ring (bicyclic) bond motifs is 3. The average Bonchev–Trinajstić information content (AvgIpc) is 2.77. The minimum atomic E-state index is -2.89. The lowest BCUT2D eigenvalue weighted by molar-refractivity contribution is 0.386. The van der Waals surface area contributed by atoms with Crippen LogP contribution in [0.25, 0.3) is 10.9 Å². The third-order valence-corrected chi connectivity index (χ3v) is 6.45. The van der Waals surface area contributed by atoms with Crippen molar-refractivity contribution in [3.63, 3.8) is 0 Å². The van der Waals surface area contributed by atoms with E-state index in [1.165, 1.54) is 22.2 Å². The van der Waals surface area contributed by atoms with Gasteiger partial charge >= 0.3 is 0 Å². The third kappa shape index (κ3) is 3.61. The smallest absolute Gasteiger partial charge is 0.150 e. The summed E-state index contributed by atoms with van der Waals surface area (Å²) >= 11 is 0. The summed E-state index contributed by atoms with van der Waals surface area (Å²) in [6.07, 6.45) is 3.36. The van der Waals surface area contributed by atoms with Crippen LogP contribution in [0.2, 0.25) is 0 Å². The van der Waals surface area contributed by atoms with Crippen LogP contribution in [0.4, 0.5) is 0 Å². The van der Waals surface area contributed by atoms with Crippen molar-refractivity contribution < 1.29 is 8.42 Å². The van der Waals surface area contributed by atoms with Gasteiger partial charge in [-0.1, -0.05) is 18.2 Å². The summed E-state index contributed by atoms with van der Waals surface area (Å²) < 4.78 is 26.5. The lowest BCUT2D eigenvalue weighted by Crippen LogP contribution is -2.19. The second-order valence-electron chi connectivity index (χ2n) is 6.76. The topological polar surface area (TPSA) is 42.3 Å². The molecule has 0 unspecified atom stereocenters. The first-order valence-corrected chi connectivity index (χ1v) is 10.2. The molecule has 2 aromatic rings. The highest BCUT2D eigenvalue weighted by molar-refractivity contribution is 7.91. The molecule has 0 bridgehead atoms. The molecule has 1 aromatic carbocycles. The van der Waals surface area contributed by atoms with Gasteiger partial charge in [0.05, 0.1) is 11.5 Å². The lowest BCUT2D eigenvalue weighted by atomic mass is 10.1. The zero-order valence-corrected chi connectivity index (χ0v) is 14.9. The Kier molecular flexibility index (Phi) is 4.78. The number of para-hydroxylation sites is 1. The molecule has 0 saturated heterocycles. The average molecular weight is 334 g/mol. The fourth-order valence-corrected chi connectivity index (χ4v) is 4.92. The molecule has 1 aromatic heterocycles. The Balaban J connectivity index is 2.01. The van der Waals surface area contributed by atoms with Gasteiger partial charge in [0.1, 0.15) is 0 Å². The zero-order valence-electron chi connectivity index (χ0n) is 14.1. The highest BCUT2D eigenvalue weighted by Crippen LogP contribution is 2.30. The van der Waals surface area contributed by atoms with Crippen molar-refractivity contribution in [1.29, 1.82) is 0 Å². The molecule has 0 atom stereocenters. The summed E-state index contributed by atoms with van der Waals surface area (Å²) in [6, 6.07) is 8.45. The number of rotatable bonds is 4. The van der Waals surface area contributed by atoms with E-state index < -0.39 is 9.84 Å².